The summed E-state index contributed by atoms with van der Waals surface area (Å²) in [5.74, 6) is 0. The molecule has 2 aromatic heterocycles. The fourth-order valence-corrected chi connectivity index (χ4v) is 2.82. The maximum atomic E-state index is 4.29. The highest BCUT2D eigenvalue weighted by atomic mass is 32.1. The summed E-state index contributed by atoms with van der Waals surface area (Å²) in [4.78, 5) is 8.02. The van der Waals surface area contributed by atoms with Crippen molar-refractivity contribution >= 4 is 17.0 Å². The second kappa shape index (κ2) is 7.05. The Morgan fingerprint density at radius 3 is 2.76 bits per heavy atom. The average molecular weight is 303 g/mol. The Morgan fingerprint density at radius 1 is 1.29 bits per heavy atom. The zero-order valence-corrected chi connectivity index (χ0v) is 14.2. The molecule has 3 nitrogen and oxygen atoms in total. The molecule has 0 saturated heterocycles. The summed E-state index contributed by atoms with van der Waals surface area (Å²) in [5, 5.41) is 5.69. The molecule has 0 bridgehead atoms. The SMILES string of the molecule is CN(CCc1cccs1)c1cnccc1CNC(C)(C)C. The Kier molecular flexibility index (Phi) is 5.37. The van der Waals surface area contributed by atoms with E-state index < -0.39 is 0 Å². The third-order valence-corrected chi connectivity index (χ3v) is 4.32. The van der Waals surface area contributed by atoms with Crippen LogP contribution in [-0.2, 0) is 13.0 Å². The highest BCUT2D eigenvalue weighted by Crippen LogP contribution is 2.19. The van der Waals surface area contributed by atoms with Gasteiger partial charge in [0, 0.05) is 36.8 Å². The van der Waals surface area contributed by atoms with Crippen LogP contribution in [0.15, 0.2) is 36.0 Å². The van der Waals surface area contributed by atoms with Gasteiger partial charge in [0.15, 0.2) is 0 Å². The summed E-state index contributed by atoms with van der Waals surface area (Å²) in [6, 6.07) is 6.42. The first-order chi connectivity index (χ1) is 9.96. The molecular weight excluding hydrogens is 278 g/mol. The summed E-state index contributed by atoms with van der Waals surface area (Å²) < 4.78 is 0. The summed E-state index contributed by atoms with van der Waals surface area (Å²) >= 11 is 1.82. The Balaban J connectivity index is 2.00. The van der Waals surface area contributed by atoms with Gasteiger partial charge in [0.25, 0.3) is 0 Å². The molecule has 21 heavy (non-hydrogen) atoms. The fourth-order valence-electron chi connectivity index (χ4n) is 2.12. The number of likely N-dealkylation sites (N-methyl/N-ethyl adjacent to an activating group) is 1. The Labute approximate surface area is 132 Å². The molecule has 0 aliphatic carbocycles. The molecule has 0 aromatic carbocycles. The van der Waals surface area contributed by atoms with Crippen molar-refractivity contribution in [3.05, 3.63) is 46.4 Å². The Morgan fingerprint density at radius 2 is 2.10 bits per heavy atom. The third-order valence-electron chi connectivity index (χ3n) is 3.38. The van der Waals surface area contributed by atoms with Crippen LogP contribution in [0.4, 0.5) is 5.69 Å². The van der Waals surface area contributed by atoms with Crippen molar-refractivity contribution in [2.75, 3.05) is 18.5 Å². The van der Waals surface area contributed by atoms with Crippen molar-refractivity contribution < 1.29 is 0 Å². The normalized spacial score (nSPS) is 11.6. The quantitative estimate of drug-likeness (QED) is 0.882. The van der Waals surface area contributed by atoms with Crippen LogP contribution in [0, 0.1) is 0 Å². The first-order valence-corrected chi connectivity index (χ1v) is 8.25. The van der Waals surface area contributed by atoms with Gasteiger partial charge in [-0.05, 0) is 50.3 Å². The van der Waals surface area contributed by atoms with E-state index in [0.717, 1.165) is 19.5 Å². The molecule has 1 N–H and O–H groups in total. The number of thiophene rings is 1. The van der Waals surface area contributed by atoms with Crippen LogP contribution in [0.3, 0.4) is 0 Å². The first kappa shape index (κ1) is 16.0. The van der Waals surface area contributed by atoms with E-state index in [2.05, 4.69) is 66.6 Å². The van der Waals surface area contributed by atoms with Gasteiger partial charge in [-0.25, -0.2) is 0 Å². The van der Waals surface area contributed by atoms with Crippen LogP contribution < -0.4 is 10.2 Å². The molecule has 4 heteroatoms. The van der Waals surface area contributed by atoms with Crippen molar-refractivity contribution in [2.45, 2.75) is 39.3 Å². The van der Waals surface area contributed by atoms with Crippen LogP contribution in [0.2, 0.25) is 0 Å². The molecule has 2 rings (SSSR count). The second-order valence-electron chi connectivity index (χ2n) is 6.36. The number of pyridine rings is 1. The van der Waals surface area contributed by atoms with Crippen molar-refractivity contribution in [3.63, 3.8) is 0 Å². The maximum Gasteiger partial charge on any atom is 0.0595 e. The molecule has 0 unspecified atom stereocenters. The summed E-state index contributed by atoms with van der Waals surface area (Å²) in [7, 11) is 2.14. The average Bonchev–Trinajstić information content (AvgIpc) is 2.95. The van der Waals surface area contributed by atoms with Gasteiger partial charge >= 0.3 is 0 Å². The van der Waals surface area contributed by atoms with Gasteiger partial charge < -0.3 is 10.2 Å². The molecule has 0 amide bonds. The molecule has 0 saturated carbocycles. The van der Waals surface area contributed by atoms with Crippen molar-refractivity contribution in [2.24, 2.45) is 0 Å². The predicted octanol–water partition coefficient (Wildman–Crippen LogP) is 3.71. The number of hydrogen-bond acceptors (Lipinski definition) is 4. The van der Waals surface area contributed by atoms with E-state index in [4.69, 9.17) is 0 Å². The largest absolute Gasteiger partial charge is 0.373 e. The van der Waals surface area contributed by atoms with Gasteiger partial charge in [-0.1, -0.05) is 6.07 Å². The zero-order valence-electron chi connectivity index (χ0n) is 13.4. The van der Waals surface area contributed by atoms with Crippen LogP contribution in [0.1, 0.15) is 31.2 Å². The number of nitrogens with one attached hydrogen (secondary N) is 1. The molecule has 2 aromatic rings. The van der Waals surface area contributed by atoms with Crippen molar-refractivity contribution in [1.82, 2.24) is 10.3 Å². The summed E-state index contributed by atoms with van der Waals surface area (Å²) in [5.41, 5.74) is 2.63. The predicted molar refractivity (Wildman–Crippen MR) is 92.1 cm³/mol. The van der Waals surface area contributed by atoms with E-state index >= 15 is 0 Å². The van der Waals surface area contributed by atoms with Gasteiger partial charge in [0.1, 0.15) is 0 Å². The molecule has 0 aliphatic heterocycles. The van der Waals surface area contributed by atoms with E-state index in [1.54, 1.807) is 0 Å². The number of rotatable bonds is 6. The lowest BCUT2D eigenvalue weighted by Crippen LogP contribution is -2.35. The highest BCUT2D eigenvalue weighted by molar-refractivity contribution is 7.09. The standard InChI is InChI=1S/C17H25N3S/c1-17(2,3)19-12-14-7-9-18-13-16(14)20(4)10-8-15-6-5-11-21-15/h5-7,9,11,13,19H,8,10,12H2,1-4H3. The summed E-state index contributed by atoms with van der Waals surface area (Å²) in [6.07, 6.45) is 4.92. The van der Waals surface area contributed by atoms with Gasteiger partial charge in [-0.2, -0.15) is 0 Å². The number of hydrogen-bond donors (Lipinski definition) is 1. The summed E-state index contributed by atoms with van der Waals surface area (Å²) in [6.45, 7) is 8.44. The lowest BCUT2D eigenvalue weighted by molar-refractivity contribution is 0.424. The fraction of sp³-hybridized carbons (Fsp3) is 0.471. The van der Waals surface area contributed by atoms with Crippen LogP contribution in [0.25, 0.3) is 0 Å². The molecule has 0 radical (unpaired) electrons. The molecular formula is C17H25N3S. The van der Waals surface area contributed by atoms with Crippen LogP contribution in [0.5, 0.6) is 0 Å². The number of anilines is 1. The van der Waals surface area contributed by atoms with E-state index in [-0.39, 0.29) is 5.54 Å². The number of nitrogens with zero attached hydrogens (tertiary/aromatic N) is 2. The Hall–Kier alpha value is -1.39. The number of aromatic nitrogens is 1. The van der Waals surface area contributed by atoms with Crippen LogP contribution in [-0.4, -0.2) is 24.1 Å². The maximum absolute atomic E-state index is 4.29. The van der Waals surface area contributed by atoms with Crippen molar-refractivity contribution in [3.8, 4) is 0 Å². The monoisotopic (exact) mass is 303 g/mol. The first-order valence-electron chi connectivity index (χ1n) is 7.37. The van der Waals surface area contributed by atoms with E-state index in [1.165, 1.54) is 16.1 Å². The minimum Gasteiger partial charge on any atom is -0.373 e. The van der Waals surface area contributed by atoms with E-state index in [0.29, 0.717) is 0 Å². The minimum absolute atomic E-state index is 0.121. The van der Waals surface area contributed by atoms with Gasteiger partial charge in [0.05, 0.1) is 11.9 Å². The lowest BCUT2D eigenvalue weighted by atomic mass is 10.1. The van der Waals surface area contributed by atoms with Gasteiger partial charge in [-0.15, -0.1) is 11.3 Å². The molecule has 0 atom stereocenters. The topological polar surface area (TPSA) is 28.2 Å². The van der Waals surface area contributed by atoms with E-state index in [9.17, 15) is 0 Å². The van der Waals surface area contributed by atoms with Gasteiger partial charge in [-0.3, -0.25) is 4.98 Å². The van der Waals surface area contributed by atoms with Crippen molar-refractivity contribution in [1.29, 1.82) is 0 Å². The zero-order chi connectivity index (χ0) is 15.3. The molecule has 2 heterocycles. The van der Waals surface area contributed by atoms with E-state index in [1.807, 2.05) is 23.7 Å². The molecule has 114 valence electrons. The smallest absolute Gasteiger partial charge is 0.0595 e. The minimum atomic E-state index is 0.121. The molecule has 0 spiro atoms. The third kappa shape index (κ3) is 5.14. The lowest BCUT2D eigenvalue weighted by Gasteiger charge is -2.25. The molecule has 0 fully saturated rings. The van der Waals surface area contributed by atoms with Crippen LogP contribution >= 0.6 is 11.3 Å². The molecule has 0 aliphatic rings. The Bertz CT molecular complexity index is 543. The van der Waals surface area contributed by atoms with Gasteiger partial charge in [0.2, 0.25) is 0 Å². The second-order valence-corrected chi connectivity index (χ2v) is 7.39. The highest BCUT2D eigenvalue weighted by Gasteiger charge is 2.12.